The zero-order chi connectivity index (χ0) is 19.6. The van der Waals surface area contributed by atoms with E-state index in [1.807, 2.05) is 24.3 Å². The van der Waals surface area contributed by atoms with Crippen LogP contribution in [0, 0.1) is 0 Å². The van der Waals surface area contributed by atoms with Crippen molar-refractivity contribution in [2.75, 3.05) is 17.8 Å². The van der Waals surface area contributed by atoms with Gasteiger partial charge in [-0.25, -0.2) is 8.42 Å². The van der Waals surface area contributed by atoms with Gasteiger partial charge in [-0.15, -0.1) is 0 Å². The average molecular weight is 394 g/mol. The highest BCUT2D eigenvalue weighted by Gasteiger charge is 2.23. The van der Waals surface area contributed by atoms with Gasteiger partial charge >= 0.3 is 0 Å². The minimum atomic E-state index is -3.81. The molecule has 1 amide bonds. The van der Waals surface area contributed by atoms with Crippen molar-refractivity contribution >= 4 is 32.4 Å². The second-order valence-corrected chi connectivity index (χ2v) is 8.70. The first-order valence-corrected chi connectivity index (χ1v) is 10.9. The van der Waals surface area contributed by atoms with Crippen molar-refractivity contribution < 1.29 is 13.2 Å². The molecule has 4 rings (SSSR count). The molecule has 1 saturated heterocycles. The van der Waals surface area contributed by atoms with E-state index in [4.69, 9.17) is 0 Å². The van der Waals surface area contributed by atoms with Crippen LogP contribution in [0.5, 0.6) is 0 Å². The number of nitrogens with zero attached hydrogens (tertiary/aromatic N) is 1. The lowest BCUT2D eigenvalue weighted by Gasteiger charge is -2.27. The second-order valence-electron chi connectivity index (χ2n) is 7.01. The smallest absolute Gasteiger partial charge is 0.261 e. The van der Waals surface area contributed by atoms with E-state index >= 15 is 0 Å². The number of piperidine rings is 1. The topological polar surface area (TPSA) is 66.5 Å². The molecule has 1 heterocycles. The van der Waals surface area contributed by atoms with Gasteiger partial charge in [0.15, 0.2) is 0 Å². The van der Waals surface area contributed by atoms with Gasteiger partial charge in [-0.3, -0.25) is 9.52 Å². The van der Waals surface area contributed by atoms with Crippen LogP contribution in [0.15, 0.2) is 71.6 Å². The van der Waals surface area contributed by atoms with E-state index in [1.165, 1.54) is 0 Å². The van der Waals surface area contributed by atoms with E-state index in [0.29, 0.717) is 24.3 Å². The van der Waals surface area contributed by atoms with Crippen molar-refractivity contribution in [2.45, 2.75) is 24.2 Å². The first-order valence-electron chi connectivity index (χ1n) is 9.44. The molecule has 0 spiro atoms. The van der Waals surface area contributed by atoms with Crippen LogP contribution in [0.1, 0.15) is 29.6 Å². The van der Waals surface area contributed by atoms with Crippen molar-refractivity contribution in [3.63, 3.8) is 0 Å². The van der Waals surface area contributed by atoms with Gasteiger partial charge in [-0.2, -0.15) is 0 Å². The molecule has 3 aromatic rings. The van der Waals surface area contributed by atoms with Crippen molar-refractivity contribution in [3.8, 4) is 0 Å². The third-order valence-electron chi connectivity index (χ3n) is 5.08. The standard InChI is InChI=1S/C22H22N2O3S/c25-22(24-14-6-1-7-15-24)20-10-4-5-11-21(20)23-28(26,27)19-13-12-17-8-2-3-9-18(17)16-19/h2-5,8-13,16,23H,1,6-7,14-15H2. The van der Waals surface area contributed by atoms with E-state index in [9.17, 15) is 13.2 Å². The van der Waals surface area contributed by atoms with Crippen molar-refractivity contribution in [1.82, 2.24) is 4.90 Å². The molecule has 28 heavy (non-hydrogen) atoms. The number of benzene rings is 3. The predicted octanol–water partition coefficient (Wildman–Crippen LogP) is 4.27. The highest BCUT2D eigenvalue weighted by molar-refractivity contribution is 7.92. The van der Waals surface area contributed by atoms with Crippen LogP contribution in [0.4, 0.5) is 5.69 Å². The van der Waals surface area contributed by atoms with Crippen molar-refractivity contribution in [2.24, 2.45) is 0 Å². The normalized spacial score (nSPS) is 14.8. The Bertz CT molecular complexity index is 1120. The molecule has 0 aliphatic carbocycles. The highest BCUT2D eigenvalue weighted by atomic mass is 32.2. The Labute approximate surface area is 165 Å². The molecular formula is C22H22N2O3S. The van der Waals surface area contributed by atoms with Crippen LogP contribution in [-0.4, -0.2) is 32.3 Å². The molecule has 1 fully saturated rings. The zero-order valence-electron chi connectivity index (χ0n) is 15.5. The summed E-state index contributed by atoms with van der Waals surface area (Å²) in [5.74, 6) is -0.128. The Kier molecular flexibility index (Phi) is 5.05. The molecule has 6 heteroatoms. The number of carbonyl (C=O) groups is 1. The fourth-order valence-corrected chi connectivity index (χ4v) is 4.68. The minimum absolute atomic E-state index is 0.128. The molecule has 1 N–H and O–H groups in total. The lowest BCUT2D eigenvalue weighted by molar-refractivity contribution is 0.0725. The summed E-state index contributed by atoms with van der Waals surface area (Å²) in [6.45, 7) is 1.43. The molecule has 0 unspecified atom stereocenters. The number of nitrogens with one attached hydrogen (secondary N) is 1. The average Bonchev–Trinajstić information content (AvgIpc) is 2.73. The van der Waals surface area contributed by atoms with E-state index in [2.05, 4.69) is 4.72 Å². The summed E-state index contributed by atoms with van der Waals surface area (Å²) in [5.41, 5.74) is 0.694. The van der Waals surface area contributed by atoms with Crippen LogP contribution < -0.4 is 4.72 Å². The van der Waals surface area contributed by atoms with Crippen molar-refractivity contribution in [3.05, 3.63) is 72.3 Å². The van der Waals surface area contributed by atoms with Crippen LogP contribution >= 0.6 is 0 Å². The Balaban J connectivity index is 1.65. The van der Waals surface area contributed by atoms with Gasteiger partial charge < -0.3 is 4.90 Å². The molecule has 0 aromatic heterocycles. The maximum atomic E-state index is 13.0. The van der Waals surface area contributed by atoms with Gasteiger partial charge in [0.2, 0.25) is 0 Å². The second kappa shape index (κ2) is 7.64. The fourth-order valence-electron chi connectivity index (χ4n) is 3.56. The third kappa shape index (κ3) is 3.73. The molecule has 5 nitrogen and oxygen atoms in total. The monoisotopic (exact) mass is 394 g/mol. The summed E-state index contributed by atoms with van der Waals surface area (Å²) >= 11 is 0. The molecule has 1 aliphatic heterocycles. The van der Waals surface area contributed by atoms with Gasteiger partial charge in [-0.05, 0) is 54.3 Å². The summed E-state index contributed by atoms with van der Waals surface area (Å²) < 4.78 is 28.5. The number of rotatable bonds is 4. The van der Waals surface area contributed by atoms with Crippen LogP contribution in [0.2, 0.25) is 0 Å². The van der Waals surface area contributed by atoms with Crippen LogP contribution in [0.25, 0.3) is 10.8 Å². The summed E-state index contributed by atoms with van der Waals surface area (Å²) in [4.78, 5) is 14.9. The largest absolute Gasteiger partial charge is 0.339 e. The molecule has 1 aliphatic rings. The van der Waals surface area contributed by atoms with Gasteiger partial charge in [-0.1, -0.05) is 42.5 Å². The van der Waals surface area contributed by atoms with E-state index in [0.717, 1.165) is 30.0 Å². The van der Waals surface area contributed by atoms with E-state index in [1.54, 1.807) is 47.4 Å². The Morgan fingerprint density at radius 1 is 0.821 bits per heavy atom. The van der Waals surface area contributed by atoms with Gasteiger partial charge in [0, 0.05) is 13.1 Å². The number of sulfonamides is 1. The number of hydrogen-bond acceptors (Lipinski definition) is 3. The number of carbonyl (C=O) groups excluding carboxylic acids is 1. The van der Waals surface area contributed by atoms with Gasteiger partial charge in [0.1, 0.15) is 0 Å². The third-order valence-corrected chi connectivity index (χ3v) is 6.44. The first-order chi connectivity index (χ1) is 13.5. The molecule has 0 saturated carbocycles. The molecule has 0 atom stereocenters. The maximum Gasteiger partial charge on any atom is 0.261 e. The van der Waals surface area contributed by atoms with Crippen molar-refractivity contribution in [1.29, 1.82) is 0 Å². The van der Waals surface area contributed by atoms with E-state index < -0.39 is 10.0 Å². The Morgan fingerprint density at radius 2 is 1.50 bits per heavy atom. The molecule has 144 valence electrons. The highest BCUT2D eigenvalue weighted by Crippen LogP contribution is 2.25. The molecule has 0 radical (unpaired) electrons. The number of hydrogen-bond donors (Lipinski definition) is 1. The number of anilines is 1. The zero-order valence-corrected chi connectivity index (χ0v) is 16.3. The Hall–Kier alpha value is -2.86. The summed E-state index contributed by atoms with van der Waals surface area (Å²) in [6.07, 6.45) is 3.09. The SMILES string of the molecule is O=C(c1ccccc1NS(=O)(=O)c1ccc2ccccc2c1)N1CCCCC1. The van der Waals surface area contributed by atoms with Crippen LogP contribution in [-0.2, 0) is 10.0 Å². The minimum Gasteiger partial charge on any atom is -0.339 e. The summed E-state index contributed by atoms with van der Waals surface area (Å²) in [5, 5.41) is 1.82. The molecule has 0 bridgehead atoms. The number of likely N-dealkylation sites (tertiary alicyclic amines) is 1. The fraction of sp³-hybridized carbons (Fsp3) is 0.227. The number of fused-ring (bicyclic) bond motifs is 1. The maximum absolute atomic E-state index is 13.0. The number of amides is 1. The number of para-hydroxylation sites is 1. The predicted molar refractivity (Wildman–Crippen MR) is 111 cm³/mol. The van der Waals surface area contributed by atoms with E-state index in [-0.39, 0.29) is 10.8 Å². The lowest BCUT2D eigenvalue weighted by atomic mass is 10.1. The quantitative estimate of drug-likeness (QED) is 0.719. The van der Waals surface area contributed by atoms with Gasteiger partial charge in [0.25, 0.3) is 15.9 Å². The lowest BCUT2D eigenvalue weighted by Crippen LogP contribution is -2.36. The molecular weight excluding hydrogens is 372 g/mol. The molecule has 3 aromatic carbocycles. The Morgan fingerprint density at radius 3 is 2.29 bits per heavy atom. The van der Waals surface area contributed by atoms with Crippen LogP contribution in [0.3, 0.4) is 0 Å². The summed E-state index contributed by atoms with van der Waals surface area (Å²) in [6, 6.07) is 19.4. The summed E-state index contributed by atoms with van der Waals surface area (Å²) in [7, 11) is -3.81. The first kappa shape index (κ1) is 18.5. The van der Waals surface area contributed by atoms with Gasteiger partial charge in [0.05, 0.1) is 16.1 Å².